The number of nitrogens with zero attached hydrogens (tertiary/aromatic N) is 1. The van der Waals surface area contributed by atoms with Gasteiger partial charge in [0.15, 0.2) is 0 Å². The lowest BCUT2D eigenvalue weighted by Crippen LogP contribution is -2.29. The molecule has 2 rings (SSSR count). The van der Waals surface area contributed by atoms with E-state index in [0.29, 0.717) is 24.8 Å². The van der Waals surface area contributed by atoms with Crippen LogP contribution in [0.2, 0.25) is 0 Å². The van der Waals surface area contributed by atoms with Crippen LogP contribution in [-0.2, 0) is 4.74 Å². The van der Waals surface area contributed by atoms with Gasteiger partial charge in [-0.1, -0.05) is 19.8 Å². The number of carbonyl (C=O) groups is 1. The van der Waals surface area contributed by atoms with Gasteiger partial charge in [0.2, 0.25) is 0 Å². The van der Waals surface area contributed by atoms with Crippen molar-refractivity contribution < 1.29 is 9.53 Å². The van der Waals surface area contributed by atoms with Gasteiger partial charge in [-0.3, -0.25) is 9.78 Å². The van der Waals surface area contributed by atoms with Gasteiger partial charge in [0, 0.05) is 19.3 Å². The molecule has 1 aromatic rings. The standard InChI is InChI=1S/C16H25N3O2/c1-2-8-18-15-12-17-9-7-14(15)16(20)19-10-11-21-13-5-3-4-6-13/h7,9,12-13,18H,2-6,8,10-11H2,1H3,(H,19,20). The van der Waals surface area contributed by atoms with Crippen molar-refractivity contribution in [3.8, 4) is 0 Å². The molecule has 5 nitrogen and oxygen atoms in total. The van der Waals surface area contributed by atoms with E-state index in [-0.39, 0.29) is 5.91 Å². The van der Waals surface area contributed by atoms with E-state index in [1.54, 1.807) is 18.5 Å². The van der Waals surface area contributed by atoms with Crippen molar-refractivity contribution >= 4 is 11.6 Å². The Labute approximate surface area is 126 Å². The molecule has 0 radical (unpaired) electrons. The number of pyridine rings is 1. The summed E-state index contributed by atoms with van der Waals surface area (Å²) in [6.45, 7) is 4.05. The first-order chi connectivity index (χ1) is 10.3. The maximum absolute atomic E-state index is 12.2. The Balaban J connectivity index is 1.76. The molecule has 1 aromatic heterocycles. The first-order valence-corrected chi connectivity index (χ1v) is 7.89. The van der Waals surface area contributed by atoms with E-state index in [4.69, 9.17) is 4.74 Å². The van der Waals surface area contributed by atoms with Crippen LogP contribution < -0.4 is 10.6 Å². The summed E-state index contributed by atoms with van der Waals surface area (Å²) >= 11 is 0. The third-order valence-electron chi connectivity index (χ3n) is 3.67. The van der Waals surface area contributed by atoms with Gasteiger partial charge in [-0.2, -0.15) is 0 Å². The highest BCUT2D eigenvalue weighted by atomic mass is 16.5. The minimum absolute atomic E-state index is 0.0778. The average molecular weight is 291 g/mol. The Morgan fingerprint density at radius 1 is 1.38 bits per heavy atom. The third-order valence-corrected chi connectivity index (χ3v) is 3.67. The van der Waals surface area contributed by atoms with E-state index < -0.39 is 0 Å². The zero-order chi connectivity index (χ0) is 14.9. The van der Waals surface area contributed by atoms with Crippen LogP contribution in [0.1, 0.15) is 49.4 Å². The summed E-state index contributed by atoms with van der Waals surface area (Å²) in [5.41, 5.74) is 1.42. The van der Waals surface area contributed by atoms with Crippen molar-refractivity contribution in [3.63, 3.8) is 0 Å². The first-order valence-electron chi connectivity index (χ1n) is 7.89. The van der Waals surface area contributed by atoms with E-state index in [9.17, 15) is 4.79 Å². The largest absolute Gasteiger partial charge is 0.383 e. The predicted octanol–water partition coefficient (Wildman–Crippen LogP) is 2.59. The average Bonchev–Trinajstić information content (AvgIpc) is 3.03. The third kappa shape index (κ3) is 5.01. The molecule has 1 heterocycles. The Bertz CT molecular complexity index is 445. The molecule has 1 aliphatic carbocycles. The van der Waals surface area contributed by atoms with Gasteiger partial charge in [0.1, 0.15) is 0 Å². The highest BCUT2D eigenvalue weighted by Crippen LogP contribution is 2.20. The van der Waals surface area contributed by atoms with Crippen LogP contribution in [0.4, 0.5) is 5.69 Å². The van der Waals surface area contributed by atoms with Gasteiger partial charge in [-0.25, -0.2) is 0 Å². The first kappa shape index (κ1) is 15.8. The molecular weight excluding hydrogens is 266 g/mol. The van der Waals surface area contributed by atoms with Crippen LogP contribution >= 0.6 is 0 Å². The molecular formula is C16H25N3O2. The fourth-order valence-electron chi connectivity index (χ4n) is 2.53. The molecule has 1 amide bonds. The Morgan fingerprint density at radius 3 is 2.95 bits per heavy atom. The Hall–Kier alpha value is -1.62. The fourth-order valence-corrected chi connectivity index (χ4v) is 2.53. The summed E-state index contributed by atoms with van der Waals surface area (Å²) < 4.78 is 5.74. The van der Waals surface area contributed by atoms with Crippen molar-refractivity contribution in [1.29, 1.82) is 0 Å². The quantitative estimate of drug-likeness (QED) is 0.723. The summed E-state index contributed by atoms with van der Waals surface area (Å²) in [7, 11) is 0. The molecule has 2 N–H and O–H groups in total. The number of ether oxygens (including phenoxy) is 1. The minimum atomic E-state index is -0.0778. The summed E-state index contributed by atoms with van der Waals surface area (Å²) in [5, 5.41) is 6.13. The summed E-state index contributed by atoms with van der Waals surface area (Å²) in [6.07, 6.45) is 9.57. The number of rotatable bonds is 8. The van der Waals surface area contributed by atoms with Crippen molar-refractivity contribution in [1.82, 2.24) is 10.3 Å². The van der Waals surface area contributed by atoms with E-state index in [0.717, 1.165) is 31.5 Å². The molecule has 0 aromatic carbocycles. The molecule has 116 valence electrons. The van der Waals surface area contributed by atoms with Crippen molar-refractivity contribution in [2.75, 3.05) is 25.0 Å². The number of aromatic nitrogens is 1. The summed E-state index contributed by atoms with van der Waals surface area (Å²) in [4.78, 5) is 16.3. The predicted molar refractivity (Wildman–Crippen MR) is 83.6 cm³/mol. The topological polar surface area (TPSA) is 63.2 Å². The molecule has 1 aliphatic rings. The van der Waals surface area contributed by atoms with E-state index >= 15 is 0 Å². The monoisotopic (exact) mass is 291 g/mol. The minimum Gasteiger partial charge on any atom is -0.383 e. The number of carbonyl (C=O) groups excluding carboxylic acids is 1. The van der Waals surface area contributed by atoms with Crippen molar-refractivity contribution in [3.05, 3.63) is 24.0 Å². The zero-order valence-corrected chi connectivity index (χ0v) is 12.7. The van der Waals surface area contributed by atoms with E-state index in [1.165, 1.54) is 12.8 Å². The maximum Gasteiger partial charge on any atom is 0.253 e. The van der Waals surface area contributed by atoms with Crippen LogP contribution in [0, 0.1) is 0 Å². The summed E-state index contributed by atoms with van der Waals surface area (Å²) in [5.74, 6) is -0.0778. The second kappa shape index (κ2) is 8.62. The molecule has 0 aliphatic heterocycles. The lowest BCUT2D eigenvalue weighted by atomic mass is 10.2. The smallest absolute Gasteiger partial charge is 0.253 e. The second-order valence-electron chi connectivity index (χ2n) is 5.38. The lowest BCUT2D eigenvalue weighted by molar-refractivity contribution is 0.0582. The molecule has 21 heavy (non-hydrogen) atoms. The van der Waals surface area contributed by atoms with E-state index in [2.05, 4.69) is 22.5 Å². The Kier molecular flexibility index (Phi) is 6.47. The van der Waals surface area contributed by atoms with Gasteiger partial charge in [0.05, 0.1) is 30.2 Å². The van der Waals surface area contributed by atoms with Gasteiger partial charge in [-0.15, -0.1) is 0 Å². The van der Waals surface area contributed by atoms with Crippen LogP contribution in [-0.4, -0.2) is 36.7 Å². The van der Waals surface area contributed by atoms with Crippen LogP contribution in [0.5, 0.6) is 0 Å². The number of nitrogens with one attached hydrogen (secondary N) is 2. The molecule has 0 atom stereocenters. The number of amides is 1. The molecule has 1 fully saturated rings. The van der Waals surface area contributed by atoms with Gasteiger partial charge < -0.3 is 15.4 Å². The van der Waals surface area contributed by atoms with Gasteiger partial charge >= 0.3 is 0 Å². The SMILES string of the molecule is CCCNc1cnccc1C(=O)NCCOC1CCCC1. The molecule has 1 saturated carbocycles. The maximum atomic E-state index is 12.2. The number of hydrogen-bond acceptors (Lipinski definition) is 4. The normalized spacial score (nSPS) is 15.1. The molecule has 0 unspecified atom stereocenters. The molecule has 0 bridgehead atoms. The highest BCUT2D eigenvalue weighted by Gasteiger charge is 2.15. The van der Waals surface area contributed by atoms with E-state index in [1.807, 2.05) is 0 Å². The zero-order valence-electron chi connectivity index (χ0n) is 12.7. The number of anilines is 1. The summed E-state index contributed by atoms with van der Waals surface area (Å²) in [6, 6.07) is 1.74. The molecule has 5 heteroatoms. The van der Waals surface area contributed by atoms with Crippen LogP contribution in [0.3, 0.4) is 0 Å². The second-order valence-corrected chi connectivity index (χ2v) is 5.38. The van der Waals surface area contributed by atoms with Crippen LogP contribution in [0.15, 0.2) is 18.5 Å². The van der Waals surface area contributed by atoms with Crippen molar-refractivity contribution in [2.24, 2.45) is 0 Å². The highest BCUT2D eigenvalue weighted by molar-refractivity contribution is 5.99. The van der Waals surface area contributed by atoms with Crippen LogP contribution in [0.25, 0.3) is 0 Å². The van der Waals surface area contributed by atoms with Gasteiger partial charge in [-0.05, 0) is 25.3 Å². The lowest BCUT2D eigenvalue weighted by Gasteiger charge is -2.13. The Morgan fingerprint density at radius 2 is 2.19 bits per heavy atom. The van der Waals surface area contributed by atoms with Gasteiger partial charge in [0.25, 0.3) is 5.91 Å². The number of hydrogen-bond donors (Lipinski definition) is 2. The molecule has 0 spiro atoms. The fraction of sp³-hybridized carbons (Fsp3) is 0.625. The molecule has 0 saturated heterocycles. The van der Waals surface area contributed by atoms with Crippen molar-refractivity contribution in [2.45, 2.75) is 45.1 Å².